The first-order valence-electron chi connectivity index (χ1n) is 3.43. The van der Waals surface area contributed by atoms with Crippen LogP contribution < -0.4 is 0 Å². The molecule has 1 saturated heterocycles. The lowest BCUT2D eigenvalue weighted by atomic mass is 9.81. The third-order valence-electron chi connectivity index (χ3n) is 2.33. The van der Waals surface area contributed by atoms with Gasteiger partial charge in [0, 0.05) is 10.2 Å². The number of ether oxygens (including phenoxy) is 1. The quantitative estimate of drug-likeness (QED) is 0.611. The van der Waals surface area contributed by atoms with E-state index in [0.717, 1.165) is 13.2 Å². The summed E-state index contributed by atoms with van der Waals surface area (Å²) in [5.74, 6) is 0. The zero-order valence-electron chi connectivity index (χ0n) is 5.98. The van der Waals surface area contributed by atoms with Gasteiger partial charge in [-0.05, 0) is 6.42 Å². The summed E-state index contributed by atoms with van der Waals surface area (Å²) in [6.45, 7) is 6.30. The van der Waals surface area contributed by atoms with E-state index in [1.165, 1.54) is 6.42 Å². The second-order valence-corrected chi connectivity index (χ2v) is 4.20. The first-order valence-corrected chi connectivity index (χ1v) is 4.35. The number of hydrogen-bond acceptors (Lipinski definition) is 1. The van der Waals surface area contributed by atoms with Crippen LogP contribution in [0.15, 0.2) is 0 Å². The van der Waals surface area contributed by atoms with Crippen molar-refractivity contribution in [3.63, 3.8) is 0 Å². The first kappa shape index (κ1) is 7.55. The molecule has 2 heteroatoms. The van der Waals surface area contributed by atoms with E-state index in [1.54, 1.807) is 0 Å². The maximum atomic E-state index is 5.16. The molecule has 54 valence electrons. The highest BCUT2D eigenvalue weighted by molar-refractivity contribution is 9.09. The summed E-state index contributed by atoms with van der Waals surface area (Å²) in [6, 6.07) is 0. The molecule has 0 N–H and O–H groups in total. The van der Waals surface area contributed by atoms with Crippen LogP contribution >= 0.6 is 15.9 Å². The molecule has 1 atom stereocenters. The van der Waals surface area contributed by atoms with Crippen molar-refractivity contribution in [1.82, 2.24) is 0 Å². The average molecular weight is 193 g/mol. The van der Waals surface area contributed by atoms with Gasteiger partial charge in [0.15, 0.2) is 0 Å². The maximum absolute atomic E-state index is 5.16. The predicted molar refractivity (Wildman–Crippen MR) is 41.9 cm³/mol. The van der Waals surface area contributed by atoms with Crippen LogP contribution in [0.5, 0.6) is 0 Å². The first-order chi connectivity index (χ1) is 4.21. The van der Waals surface area contributed by atoms with Crippen molar-refractivity contribution in [3.8, 4) is 0 Å². The van der Waals surface area contributed by atoms with Gasteiger partial charge in [0.25, 0.3) is 0 Å². The van der Waals surface area contributed by atoms with Crippen molar-refractivity contribution in [2.24, 2.45) is 5.41 Å². The summed E-state index contributed by atoms with van der Waals surface area (Å²) >= 11 is 3.59. The van der Waals surface area contributed by atoms with Gasteiger partial charge in [-0.3, -0.25) is 0 Å². The molecule has 0 bridgehead atoms. The standard InChI is InChI=1S/C7H13BrO/c1-3-7(6(2)8)4-9-5-7/h6H,3-5H2,1-2H3. The number of rotatable bonds is 2. The Morgan fingerprint density at radius 2 is 2.22 bits per heavy atom. The number of halogens is 1. The molecule has 0 aromatic rings. The van der Waals surface area contributed by atoms with Gasteiger partial charge in [0.05, 0.1) is 13.2 Å². The third kappa shape index (κ3) is 1.15. The lowest BCUT2D eigenvalue weighted by Gasteiger charge is -2.43. The Morgan fingerprint density at radius 3 is 2.22 bits per heavy atom. The Morgan fingerprint density at radius 1 is 1.67 bits per heavy atom. The molecule has 0 aromatic carbocycles. The minimum atomic E-state index is 0.458. The van der Waals surface area contributed by atoms with E-state index >= 15 is 0 Å². The van der Waals surface area contributed by atoms with Crippen molar-refractivity contribution < 1.29 is 4.74 Å². The van der Waals surface area contributed by atoms with Gasteiger partial charge < -0.3 is 4.74 Å². The summed E-state index contributed by atoms with van der Waals surface area (Å²) in [5.41, 5.74) is 0.458. The van der Waals surface area contributed by atoms with Crippen LogP contribution in [-0.2, 0) is 4.74 Å². The minimum Gasteiger partial charge on any atom is -0.380 e. The van der Waals surface area contributed by atoms with E-state index in [1.807, 2.05) is 0 Å². The normalized spacial score (nSPS) is 27.0. The maximum Gasteiger partial charge on any atom is 0.0555 e. The second kappa shape index (κ2) is 2.59. The molecule has 0 amide bonds. The molecule has 0 radical (unpaired) electrons. The molecule has 1 heterocycles. The largest absolute Gasteiger partial charge is 0.380 e. The molecule has 1 nitrogen and oxygen atoms in total. The topological polar surface area (TPSA) is 9.23 Å². The Kier molecular flexibility index (Phi) is 2.17. The molecule has 9 heavy (non-hydrogen) atoms. The van der Waals surface area contributed by atoms with Crippen LogP contribution in [0.1, 0.15) is 20.3 Å². The zero-order valence-corrected chi connectivity index (χ0v) is 7.57. The summed E-state index contributed by atoms with van der Waals surface area (Å²) in [7, 11) is 0. The molecule has 0 aliphatic carbocycles. The van der Waals surface area contributed by atoms with E-state index in [4.69, 9.17) is 4.74 Å². The van der Waals surface area contributed by atoms with Gasteiger partial charge in [-0.15, -0.1) is 0 Å². The molecular formula is C7H13BrO. The van der Waals surface area contributed by atoms with Gasteiger partial charge in [0.1, 0.15) is 0 Å². The van der Waals surface area contributed by atoms with Crippen LogP contribution in [0, 0.1) is 5.41 Å². The summed E-state index contributed by atoms with van der Waals surface area (Å²) in [6.07, 6.45) is 1.22. The summed E-state index contributed by atoms with van der Waals surface area (Å²) in [5, 5.41) is 0. The highest BCUT2D eigenvalue weighted by atomic mass is 79.9. The molecule has 1 rings (SSSR count). The summed E-state index contributed by atoms with van der Waals surface area (Å²) < 4.78 is 5.16. The molecule has 1 aliphatic heterocycles. The SMILES string of the molecule is CCC1(C(C)Br)COC1. The van der Waals surface area contributed by atoms with E-state index in [-0.39, 0.29) is 0 Å². The Hall–Kier alpha value is 0.440. The van der Waals surface area contributed by atoms with Crippen molar-refractivity contribution in [2.45, 2.75) is 25.1 Å². The van der Waals surface area contributed by atoms with Gasteiger partial charge in [0.2, 0.25) is 0 Å². The number of hydrogen-bond donors (Lipinski definition) is 0. The molecule has 0 aromatic heterocycles. The van der Waals surface area contributed by atoms with E-state index in [2.05, 4.69) is 29.8 Å². The smallest absolute Gasteiger partial charge is 0.0555 e. The van der Waals surface area contributed by atoms with Gasteiger partial charge in [-0.2, -0.15) is 0 Å². The van der Waals surface area contributed by atoms with Crippen molar-refractivity contribution in [3.05, 3.63) is 0 Å². The lowest BCUT2D eigenvalue weighted by Crippen LogP contribution is -2.47. The van der Waals surface area contributed by atoms with Crippen molar-refractivity contribution >= 4 is 15.9 Å². The van der Waals surface area contributed by atoms with Gasteiger partial charge in [-0.1, -0.05) is 29.8 Å². The fourth-order valence-corrected chi connectivity index (χ4v) is 1.67. The molecular weight excluding hydrogens is 180 g/mol. The monoisotopic (exact) mass is 192 g/mol. The third-order valence-corrected chi connectivity index (χ3v) is 3.30. The van der Waals surface area contributed by atoms with Crippen LogP contribution in [0.3, 0.4) is 0 Å². The minimum absolute atomic E-state index is 0.458. The van der Waals surface area contributed by atoms with E-state index in [9.17, 15) is 0 Å². The van der Waals surface area contributed by atoms with Gasteiger partial charge >= 0.3 is 0 Å². The van der Waals surface area contributed by atoms with Crippen LogP contribution in [0.2, 0.25) is 0 Å². The van der Waals surface area contributed by atoms with Crippen LogP contribution in [0.25, 0.3) is 0 Å². The van der Waals surface area contributed by atoms with Gasteiger partial charge in [-0.25, -0.2) is 0 Å². The Bertz CT molecular complexity index is 91.6. The summed E-state index contributed by atoms with van der Waals surface area (Å²) in [4.78, 5) is 0.601. The molecule has 0 saturated carbocycles. The van der Waals surface area contributed by atoms with Crippen LogP contribution in [-0.4, -0.2) is 18.0 Å². The van der Waals surface area contributed by atoms with Crippen molar-refractivity contribution in [2.75, 3.05) is 13.2 Å². The molecule has 1 aliphatic rings. The van der Waals surface area contributed by atoms with Crippen LogP contribution in [0.4, 0.5) is 0 Å². The second-order valence-electron chi connectivity index (χ2n) is 2.82. The molecule has 1 unspecified atom stereocenters. The average Bonchev–Trinajstić information content (AvgIpc) is 1.62. The zero-order chi connectivity index (χ0) is 6.91. The number of alkyl halides is 1. The highest BCUT2D eigenvalue weighted by Crippen LogP contribution is 2.38. The molecule has 0 spiro atoms. The van der Waals surface area contributed by atoms with E-state index in [0.29, 0.717) is 10.2 Å². The van der Waals surface area contributed by atoms with Crippen molar-refractivity contribution in [1.29, 1.82) is 0 Å². The van der Waals surface area contributed by atoms with E-state index < -0.39 is 0 Å². The highest BCUT2D eigenvalue weighted by Gasteiger charge is 2.40. The fraction of sp³-hybridized carbons (Fsp3) is 1.00. The lowest BCUT2D eigenvalue weighted by molar-refractivity contribution is -0.112. The Balaban J connectivity index is 2.46. The predicted octanol–water partition coefficient (Wildman–Crippen LogP) is 2.20. The molecule has 1 fully saturated rings. The Labute approximate surface area is 64.9 Å². The fourth-order valence-electron chi connectivity index (χ4n) is 1.08.